The molecule has 1 aromatic carbocycles. The Hall–Kier alpha value is -2.21. The third-order valence-electron chi connectivity index (χ3n) is 3.50. The van der Waals surface area contributed by atoms with Crippen molar-refractivity contribution in [3.05, 3.63) is 45.5 Å². The Balaban J connectivity index is 2.49. The summed E-state index contributed by atoms with van der Waals surface area (Å²) in [5.41, 5.74) is 1.97. The van der Waals surface area contributed by atoms with Crippen molar-refractivity contribution in [2.75, 3.05) is 0 Å². The van der Waals surface area contributed by atoms with Crippen LogP contribution in [-0.2, 0) is 21.1 Å². The van der Waals surface area contributed by atoms with Crippen molar-refractivity contribution < 1.29 is 0 Å². The van der Waals surface area contributed by atoms with Crippen molar-refractivity contribution in [2.24, 2.45) is 21.1 Å². The monoisotopic (exact) mass is 286 g/mol. The number of rotatable bonds is 1. The van der Waals surface area contributed by atoms with Gasteiger partial charge in [0, 0.05) is 26.7 Å². The molecular formula is C14H14N4OS. The Bertz CT molecular complexity index is 918. The first-order chi connectivity index (χ1) is 9.52. The largest absolute Gasteiger partial charge is 0.313 e. The molecule has 0 aliphatic rings. The first-order valence-electron chi connectivity index (χ1n) is 6.20. The second-order valence-corrected chi connectivity index (χ2v) is 5.10. The lowest BCUT2D eigenvalue weighted by Gasteiger charge is -2.07. The maximum Gasteiger partial charge on any atom is 0.282 e. The van der Waals surface area contributed by atoms with E-state index in [0.29, 0.717) is 10.3 Å². The highest BCUT2D eigenvalue weighted by atomic mass is 32.1. The molecule has 2 aromatic heterocycles. The van der Waals surface area contributed by atoms with Crippen LogP contribution in [0, 0.1) is 4.77 Å². The highest BCUT2D eigenvalue weighted by molar-refractivity contribution is 7.71. The van der Waals surface area contributed by atoms with E-state index in [-0.39, 0.29) is 5.56 Å². The quantitative estimate of drug-likeness (QED) is 0.643. The molecule has 6 heteroatoms. The van der Waals surface area contributed by atoms with Crippen molar-refractivity contribution in [1.82, 2.24) is 18.7 Å². The van der Waals surface area contributed by atoms with Crippen molar-refractivity contribution in [1.29, 1.82) is 0 Å². The van der Waals surface area contributed by atoms with E-state index in [1.165, 1.54) is 4.57 Å². The van der Waals surface area contributed by atoms with Gasteiger partial charge >= 0.3 is 0 Å². The molecule has 0 bridgehead atoms. The minimum atomic E-state index is -0.166. The highest BCUT2D eigenvalue weighted by Crippen LogP contribution is 2.21. The van der Waals surface area contributed by atoms with E-state index >= 15 is 0 Å². The molecule has 0 N–H and O–H groups in total. The second-order valence-electron chi connectivity index (χ2n) is 4.74. The zero-order valence-corrected chi connectivity index (χ0v) is 12.3. The van der Waals surface area contributed by atoms with Gasteiger partial charge in [-0.3, -0.25) is 9.36 Å². The molecule has 0 unspecified atom stereocenters. The number of hydrogen-bond acceptors (Lipinski definition) is 3. The van der Waals surface area contributed by atoms with Gasteiger partial charge in [-0.1, -0.05) is 30.3 Å². The average molecular weight is 286 g/mol. The van der Waals surface area contributed by atoms with Gasteiger partial charge in [-0.05, 0) is 12.2 Å². The minimum Gasteiger partial charge on any atom is -0.313 e. The summed E-state index contributed by atoms with van der Waals surface area (Å²) in [6, 6.07) is 9.80. The molecule has 3 aromatic rings. The molecular weight excluding hydrogens is 272 g/mol. The lowest BCUT2D eigenvalue weighted by atomic mass is 10.2. The van der Waals surface area contributed by atoms with Gasteiger partial charge in [0.1, 0.15) is 11.5 Å². The van der Waals surface area contributed by atoms with Crippen LogP contribution in [0.2, 0.25) is 0 Å². The summed E-state index contributed by atoms with van der Waals surface area (Å²) >= 11 is 5.28. The van der Waals surface area contributed by atoms with Gasteiger partial charge < -0.3 is 9.13 Å². The predicted octanol–water partition coefficient (Wildman–Crippen LogP) is 2.01. The molecule has 0 spiro atoms. The van der Waals surface area contributed by atoms with E-state index in [9.17, 15) is 4.79 Å². The topological polar surface area (TPSA) is 44.8 Å². The smallest absolute Gasteiger partial charge is 0.282 e. The van der Waals surface area contributed by atoms with Crippen LogP contribution in [0.3, 0.4) is 0 Å². The molecule has 3 rings (SSSR count). The van der Waals surface area contributed by atoms with Crippen molar-refractivity contribution >= 4 is 23.4 Å². The molecule has 0 saturated carbocycles. The van der Waals surface area contributed by atoms with Gasteiger partial charge in [-0.15, -0.1) is 0 Å². The maximum atomic E-state index is 12.3. The van der Waals surface area contributed by atoms with Gasteiger partial charge in [0.05, 0.1) is 0 Å². The first kappa shape index (κ1) is 12.8. The van der Waals surface area contributed by atoms with Gasteiger partial charge in [0.2, 0.25) is 0 Å². The SMILES string of the molecule is Cn1c(=O)c2nc(-c3ccccc3)n(C)c2n(C)c1=S. The summed E-state index contributed by atoms with van der Waals surface area (Å²) in [7, 11) is 5.41. The number of hydrogen-bond donors (Lipinski definition) is 0. The molecule has 0 saturated heterocycles. The van der Waals surface area contributed by atoms with Crippen LogP contribution in [0.5, 0.6) is 0 Å². The van der Waals surface area contributed by atoms with E-state index in [2.05, 4.69) is 4.98 Å². The van der Waals surface area contributed by atoms with Crippen LogP contribution in [0.4, 0.5) is 0 Å². The Morgan fingerprint density at radius 1 is 1.00 bits per heavy atom. The number of benzene rings is 1. The van der Waals surface area contributed by atoms with Crippen LogP contribution < -0.4 is 5.56 Å². The average Bonchev–Trinajstić information content (AvgIpc) is 2.81. The fourth-order valence-electron chi connectivity index (χ4n) is 2.42. The summed E-state index contributed by atoms with van der Waals surface area (Å²) in [5.74, 6) is 0.758. The van der Waals surface area contributed by atoms with Gasteiger partial charge in [0.25, 0.3) is 5.56 Å². The van der Waals surface area contributed by atoms with E-state index in [4.69, 9.17) is 12.2 Å². The van der Waals surface area contributed by atoms with Gasteiger partial charge in [-0.25, -0.2) is 4.98 Å². The first-order valence-corrected chi connectivity index (χ1v) is 6.61. The molecule has 0 atom stereocenters. The second kappa shape index (κ2) is 4.42. The molecule has 2 heterocycles. The Morgan fingerprint density at radius 2 is 1.65 bits per heavy atom. The molecule has 0 radical (unpaired) electrons. The van der Waals surface area contributed by atoms with Crippen LogP contribution in [0.15, 0.2) is 35.1 Å². The maximum absolute atomic E-state index is 12.3. The number of aromatic nitrogens is 4. The number of nitrogens with zero attached hydrogens (tertiary/aromatic N) is 4. The summed E-state index contributed by atoms with van der Waals surface area (Å²) in [6.45, 7) is 0. The summed E-state index contributed by atoms with van der Waals surface area (Å²) < 4.78 is 5.64. The number of aryl methyl sites for hydroxylation is 2. The lowest BCUT2D eigenvalue weighted by molar-refractivity contribution is 0.729. The van der Waals surface area contributed by atoms with E-state index in [1.807, 2.05) is 53.6 Å². The van der Waals surface area contributed by atoms with Crippen LogP contribution in [0.1, 0.15) is 0 Å². The number of imidazole rings is 1. The fourth-order valence-corrected chi connectivity index (χ4v) is 2.59. The fraction of sp³-hybridized carbons (Fsp3) is 0.214. The van der Waals surface area contributed by atoms with Crippen LogP contribution in [0.25, 0.3) is 22.6 Å². The molecule has 102 valence electrons. The third-order valence-corrected chi connectivity index (χ3v) is 4.04. The third kappa shape index (κ3) is 1.65. The summed E-state index contributed by atoms with van der Waals surface area (Å²) in [6.07, 6.45) is 0. The van der Waals surface area contributed by atoms with E-state index in [0.717, 1.165) is 17.0 Å². The molecule has 5 nitrogen and oxygen atoms in total. The van der Waals surface area contributed by atoms with Crippen molar-refractivity contribution in [3.63, 3.8) is 0 Å². The Kier molecular flexibility index (Phi) is 2.83. The molecule has 0 aliphatic heterocycles. The van der Waals surface area contributed by atoms with Crippen LogP contribution >= 0.6 is 12.2 Å². The zero-order chi connectivity index (χ0) is 14.4. The number of fused-ring (bicyclic) bond motifs is 1. The van der Waals surface area contributed by atoms with Crippen molar-refractivity contribution in [2.45, 2.75) is 0 Å². The summed E-state index contributed by atoms with van der Waals surface area (Å²) in [5, 5.41) is 0. The molecule has 0 aliphatic carbocycles. The Morgan fingerprint density at radius 3 is 2.30 bits per heavy atom. The molecule has 0 fully saturated rings. The normalized spacial score (nSPS) is 11.2. The van der Waals surface area contributed by atoms with E-state index in [1.54, 1.807) is 7.05 Å². The van der Waals surface area contributed by atoms with Gasteiger partial charge in [-0.2, -0.15) is 0 Å². The zero-order valence-electron chi connectivity index (χ0n) is 11.5. The van der Waals surface area contributed by atoms with Crippen LogP contribution in [-0.4, -0.2) is 18.7 Å². The lowest BCUT2D eigenvalue weighted by Crippen LogP contribution is -2.22. The standard InChI is InChI=1S/C14H14N4OS/c1-16-11(9-7-5-4-6-8-9)15-10-12(16)17(2)14(20)18(3)13(10)19/h4-8H,1-3H3. The minimum absolute atomic E-state index is 0.166. The van der Waals surface area contributed by atoms with Crippen molar-refractivity contribution in [3.8, 4) is 11.4 Å². The van der Waals surface area contributed by atoms with E-state index < -0.39 is 0 Å². The molecule has 20 heavy (non-hydrogen) atoms. The Labute approximate surface area is 120 Å². The van der Waals surface area contributed by atoms with Gasteiger partial charge in [0.15, 0.2) is 10.3 Å². The highest BCUT2D eigenvalue weighted by Gasteiger charge is 2.16. The predicted molar refractivity (Wildman–Crippen MR) is 81.2 cm³/mol. The molecule has 0 amide bonds. The summed E-state index contributed by atoms with van der Waals surface area (Å²) in [4.78, 5) is 16.8.